The van der Waals surface area contributed by atoms with Gasteiger partial charge in [0.25, 0.3) is 0 Å². The highest BCUT2D eigenvalue weighted by atomic mass is 16.5. The SMILES string of the molecule is CC/C=C/CCOCCCC1CCC(c2ccc(C#N)cc2)CC1. The fraction of sp³-hybridized carbons (Fsp3) is 0.591. The maximum Gasteiger partial charge on any atom is 0.0991 e. The third-order valence-corrected chi connectivity index (χ3v) is 5.09. The van der Waals surface area contributed by atoms with Crippen molar-refractivity contribution in [3.8, 4) is 6.07 Å². The van der Waals surface area contributed by atoms with Crippen LogP contribution in [0.1, 0.15) is 75.3 Å². The summed E-state index contributed by atoms with van der Waals surface area (Å²) in [6.07, 6.45) is 14.3. The summed E-state index contributed by atoms with van der Waals surface area (Å²) in [7, 11) is 0. The van der Waals surface area contributed by atoms with Gasteiger partial charge in [0.1, 0.15) is 0 Å². The van der Waals surface area contributed by atoms with E-state index in [0.29, 0.717) is 5.92 Å². The van der Waals surface area contributed by atoms with Crippen LogP contribution in [0.3, 0.4) is 0 Å². The summed E-state index contributed by atoms with van der Waals surface area (Å²) in [5.41, 5.74) is 2.17. The van der Waals surface area contributed by atoms with Crippen LogP contribution in [0, 0.1) is 17.2 Å². The van der Waals surface area contributed by atoms with Crippen molar-refractivity contribution in [3.05, 3.63) is 47.5 Å². The maximum atomic E-state index is 8.88. The zero-order chi connectivity index (χ0) is 17.0. The molecule has 0 bridgehead atoms. The second kappa shape index (κ2) is 11.0. The molecule has 1 aromatic carbocycles. The molecule has 2 nitrogen and oxygen atoms in total. The number of ether oxygens (including phenoxy) is 1. The molecule has 1 aromatic rings. The van der Waals surface area contributed by atoms with Crippen LogP contribution in [-0.4, -0.2) is 13.2 Å². The Kier molecular flexibility index (Phi) is 8.63. The number of nitriles is 1. The molecule has 0 atom stereocenters. The zero-order valence-corrected chi connectivity index (χ0v) is 15.0. The summed E-state index contributed by atoms with van der Waals surface area (Å²) < 4.78 is 5.71. The Morgan fingerprint density at radius 2 is 1.83 bits per heavy atom. The molecule has 2 heteroatoms. The minimum Gasteiger partial charge on any atom is -0.381 e. The van der Waals surface area contributed by atoms with Gasteiger partial charge in [-0.1, -0.05) is 31.2 Å². The number of allylic oxidation sites excluding steroid dienone is 1. The van der Waals surface area contributed by atoms with E-state index >= 15 is 0 Å². The molecule has 130 valence electrons. The average molecular weight is 325 g/mol. The van der Waals surface area contributed by atoms with Crippen LogP contribution >= 0.6 is 0 Å². The van der Waals surface area contributed by atoms with E-state index in [1.54, 1.807) is 0 Å². The highest BCUT2D eigenvalue weighted by molar-refractivity contribution is 5.33. The number of nitrogens with zero attached hydrogens (tertiary/aromatic N) is 1. The van der Waals surface area contributed by atoms with E-state index in [-0.39, 0.29) is 0 Å². The maximum absolute atomic E-state index is 8.88. The number of benzene rings is 1. The van der Waals surface area contributed by atoms with Gasteiger partial charge in [0.2, 0.25) is 0 Å². The number of hydrogen-bond acceptors (Lipinski definition) is 2. The van der Waals surface area contributed by atoms with Crippen LogP contribution in [-0.2, 0) is 4.74 Å². The molecule has 0 aromatic heterocycles. The Hall–Kier alpha value is -1.59. The highest BCUT2D eigenvalue weighted by Crippen LogP contribution is 2.37. The predicted octanol–water partition coefficient (Wildman–Crippen LogP) is 5.99. The molecule has 0 heterocycles. The zero-order valence-electron chi connectivity index (χ0n) is 15.0. The molecule has 24 heavy (non-hydrogen) atoms. The van der Waals surface area contributed by atoms with Gasteiger partial charge in [0, 0.05) is 6.61 Å². The van der Waals surface area contributed by atoms with E-state index in [1.807, 2.05) is 12.1 Å². The lowest BCUT2D eigenvalue weighted by molar-refractivity contribution is 0.128. The summed E-state index contributed by atoms with van der Waals surface area (Å²) in [5, 5.41) is 8.88. The van der Waals surface area contributed by atoms with Gasteiger partial charge in [-0.15, -0.1) is 0 Å². The van der Waals surface area contributed by atoms with Crippen molar-refractivity contribution >= 4 is 0 Å². The first-order valence-corrected chi connectivity index (χ1v) is 9.56. The quantitative estimate of drug-likeness (QED) is 0.413. The average Bonchev–Trinajstić information content (AvgIpc) is 2.64. The van der Waals surface area contributed by atoms with Crippen molar-refractivity contribution in [3.63, 3.8) is 0 Å². The van der Waals surface area contributed by atoms with Crippen molar-refractivity contribution in [1.29, 1.82) is 5.26 Å². The molecule has 0 amide bonds. The van der Waals surface area contributed by atoms with Crippen LogP contribution in [0.2, 0.25) is 0 Å². The monoisotopic (exact) mass is 325 g/mol. The van der Waals surface area contributed by atoms with E-state index in [0.717, 1.165) is 37.5 Å². The van der Waals surface area contributed by atoms with Crippen LogP contribution < -0.4 is 0 Å². The highest BCUT2D eigenvalue weighted by Gasteiger charge is 2.21. The summed E-state index contributed by atoms with van der Waals surface area (Å²) in [6, 6.07) is 10.4. The van der Waals surface area contributed by atoms with Crippen molar-refractivity contribution in [1.82, 2.24) is 0 Å². The molecule has 1 aliphatic carbocycles. The molecule has 0 saturated heterocycles. The molecule has 0 radical (unpaired) electrons. The van der Waals surface area contributed by atoms with Crippen molar-refractivity contribution in [2.45, 2.75) is 64.2 Å². The Labute approximate surface area is 147 Å². The second-order valence-electron chi connectivity index (χ2n) is 6.87. The van der Waals surface area contributed by atoms with E-state index in [4.69, 9.17) is 10.00 Å². The van der Waals surface area contributed by atoms with Crippen LogP contribution in [0.15, 0.2) is 36.4 Å². The minimum absolute atomic E-state index is 0.690. The first-order chi connectivity index (χ1) is 11.8. The molecule has 1 aliphatic rings. The number of rotatable bonds is 9. The fourth-order valence-electron chi connectivity index (χ4n) is 3.63. The van der Waals surface area contributed by atoms with E-state index < -0.39 is 0 Å². The van der Waals surface area contributed by atoms with Crippen LogP contribution in [0.4, 0.5) is 0 Å². The van der Waals surface area contributed by atoms with Crippen molar-refractivity contribution in [2.75, 3.05) is 13.2 Å². The molecule has 0 N–H and O–H groups in total. The molecular formula is C22H31NO. The van der Waals surface area contributed by atoms with E-state index in [2.05, 4.69) is 37.3 Å². The Morgan fingerprint density at radius 3 is 2.50 bits per heavy atom. The third kappa shape index (κ3) is 6.49. The summed E-state index contributed by atoms with van der Waals surface area (Å²) >= 11 is 0. The normalized spacial score (nSPS) is 21.0. The van der Waals surface area contributed by atoms with Gasteiger partial charge in [0.15, 0.2) is 0 Å². The van der Waals surface area contributed by atoms with Gasteiger partial charge in [-0.3, -0.25) is 0 Å². The fourth-order valence-corrected chi connectivity index (χ4v) is 3.63. The van der Waals surface area contributed by atoms with Crippen LogP contribution in [0.5, 0.6) is 0 Å². The lowest BCUT2D eigenvalue weighted by atomic mass is 9.77. The molecular weight excluding hydrogens is 294 g/mol. The second-order valence-corrected chi connectivity index (χ2v) is 6.87. The molecule has 1 saturated carbocycles. The first-order valence-electron chi connectivity index (χ1n) is 9.56. The summed E-state index contributed by atoms with van der Waals surface area (Å²) in [6.45, 7) is 3.94. The first kappa shape index (κ1) is 18.7. The van der Waals surface area contributed by atoms with Gasteiger partial charge < -0.3 is 4.74 Å². The predicted molar refractivity (Wildman–Crippen MR) is 100.0 cm³/mol. The van der Waals surface area contributed by atoms with Crippen molar-refractivity contribution < 1.29 is 4.74 Å². The van der Waals surface area contributed by atoms with Gasteiger partial charge in [-0.2, -0.15) is 5.26 Å². The van der Waals surface area contributed by atoms with Gasteiger partial charge in [-0.25, -0.2) is 0 Å². The lowest BCUT2D eigenvalue weighted by Crippen LogP contribution is -2.14. The Balaban J connectivity index is 1.57. The number of hydrogen-bond donors (Lipinski definition) is 0. The van der Waals surface area contributed by atoms with E-state index in [1.165, 1.54) is 44.1 Å². The lowest BCUT2D eigenvalue weighted by Gasteiger charge is -2.28. The third-order valence-electron chi connectivity index (χ3n) is 5.09. The van der Waals surface area contributed by atoms with Crippen LogP contribution in [0.25, 0.3) is 0 Å². The smallest absolute Gasteiger partial charge is 0.0991 e. The Morgan fingerprint density at radius 1 is 1.08 bits per heavy atom. The summed E-state index contributed by atoms with van der Waals surface area (Å²) in [4.78, 5) is 0. The van der Waals surface area contributed by atoms with Gasteiger partial charge in [-0.05, 0) is 80.9 Å². The van der Waals surface area contributed by atoms with Gasteiger partial charge >= 0.3 is 0 Å². The minimum atomic E-state index is 0.690. The van der Waals surface area contributed by atoms with E-state index in [9.17, 15) is 0 Å². The topological polar surface area (TPSA) is 33.0 Å². The molecule has 2 rings (SSSR count). The molecule has 0 aliphatic heterocycles. The molecule has 0 unspecified atom stereocenters. The largest absolute Gasteiger partial charge is 0.381 e. The molecule has 1 fully saturated rings. The van der Waals surface area contributed by atoms with Crippen molar-refractivity contribution in [2.24, 2.45) is 5.92 Å². The summed E-state index contributed by atoms with van der Waals surface area (Å²) in [5.74, 6) is 1.57. The van der Waals surface area contributed by atoms with Gasteiger partial charge in [0.05, 0.1) is 18.2 Å². The molecule has 0 spiro atoms. The standard InChI is InChI=1S/C22H31NO/c1-2-3-4-5-16-24-17-6-7-19-8-12-21(13-9-19)22-14-10-20(18-23)11-15-22/h3-4,10-11,14-15,19,21H,2,5-9,12-13,16-17H2,1H3/b4-3+. The Bertz CT molecular complexity index is 518.